The Morgan fingerprint density at radius 2 is 1.70 bits per heavy atom. The number of anilines is 1. The summed E-state index contributed by atoms with van der Waals surface area (Å²) in [6.45, 7) is 0.508. The molecule has 0 spiro atoms. The molecule has 1 aliphatic heterocycles. The van der Waals surface area contributed by atoms with Crippen molar-refractivity contribution in [3.05, 3.63) is 72.3 Å². The maximum atomic E-state index is 12.1. The Morgan fingerprint density at radius 3 is 2.39 bits per heavy atom. The van der Waals surface area contributed by atoms with Crippen molar-refractivity contribution >= 4 is 23.6 Å². The number of amides is 2. The topological polar surface area (TPSA) is 49.4 Å². The fraction of sp³-hybridized carbons (Fsp3) is 0.158. The quantitative estimate of drug-likeness (QED) is 0.883. The van der Waals surface area contributed by atoms with Crippen molar-refractivity contribution in [2.24, 2.45) is 0 Å². The molecule has 0 radical (unpaired) electrons. The van der Waals surface area contributed by atoms with Gasteiger partial charge in [0.1, 0.15) is 0 Å². The molecule has 0 aromatic heterocycles. The number of carbonyl (C=O) groups excluding carboxylic acids is 2. The highest BCUT2D eigenvalue weighted by molar-refractivity contribution is 5.98. The van der Waals surface area contributed by atoms with Gasteiger partial charge in [0.05, 0.1) is 6.04 Å². The average Bonchev–Trinajstić information content (AvgIpc) is 2.95. The molecule has 1 aliphatic rings. The Hall–Kier alpha value is -2.88. The maximum absolute atomic E-state index is 12.1. The molecule has 1 saturated heterocycles. The lowest BCUT2D eigenvalue weighted by Crippen LogP contribution is -2.36. The van der Waals surface area contributed by atoms with E-state index in [1.807, 2.05) is 60.7 Å². The summed E-state index contributed by atoms with van der Waals surface area (Å²) in [5, 5.41) is 2.89. The molecular weight excluding hydrogens is 288 g/mol. The summed E-state index contributed by atoms with van der Waals surface area (Å²) in [6.07, 6.45) is 3.60. The molecule has 1 unspecified atom stereocenters. The van der Waals surface area contributed by atoms with Crippen molar-refractivity contribution in [3.63, 3.8) is 0 Å². The van der Waals surface area contributed by atoms with Crippen molar-refractivity contribution in [1.82, 2.24) is 5.32 Å². The number of nitrogens with one attached hydrogen (secondary N) is 1. The van der Waals surface area contributed by atoms with E-state index in [-0.39, 0.29) is 17.9 Å². The zero-order chi connectivity index (χ0) is 16.1. The summed E-state index contributed by atoms with van der Waals surface area (Å²) in [5.74, 6) is -0.143. The van der Waals surface area contributed by atoms with Crippen LogP contribution in [0.4, 0.5) is 5.69 Å². The summed E-state index contributed by atoms with van der Waals surface area (Å²) < 4.78 is 0. The van der Waals surface area contributed by atoms with E-state index in [0.29, 0.717) is 13.0 Å². The molecule has 2 amide bonds. The monoisotopic (exact) mass is 306 g/mol. The van der Waals surface area contributed by atoms with Crippen molar-refractivity contribution in [2.75, 3.05) is 11.4 Å². The Balaban J connectivity index is 1.58. The molecule has 2 aromatic carbocycles. The summed E-state index contributed by atoms with van der Waals surface area (Å²) in [5.41, 5.74) is 1.84. The van der Waals surface area contributed by atoms with Crippen LogP contribution in [0.25, 0.3) is 6.08 Å². The van der Waals surface area contributed by atoms with E-state index in [2.05, 4.69) is 5.32 Å². The van der Waals surface area contributed by atoms with Gasteiger partial charge in [0.25, 0.3) is 0 Å². The van der Waals surface area contributed by atoms with Gasteiger partial charge in [-0.1, -0.05) is 48.5 Å². The molecule has 0 saturated carbocycles. The van der Waals surface area contributed by atoms with Gasteiger partial charge < -0.3 is 10.2 Å². The van der Waals surface area contributed by atoms with E-state index in [9.17, 15) is 9.59 Å². The molecule has 23 heavy (non-hydrogen) atoms. The molecule has 4 nitrogen and oxygen atoms in total. The van der Waals surface area contributed by atoms with Crippen LogP contribution < -0.4 is 10.2 Å². The molecule has 0 aliphatic carbocycles. The lowest BCUT2D eigenvalue weighted by atomic mass is 10.2. The van der Waals surface area contributed by atoms with Gasteiger partial charge >= 0.3 is 0 Å². The van der Waals surface area contributed by atoms with Gasteiger partial charge in [-0.25, -0.2) is 0 Å². The van der Waals surface area contributed by atoms with Gasteiger partial charge in [-0.3, -0.25) is 9.59 Å². The van der Waals surface area contributed by atoms with Crippen LogP contribution in [0.3, 0.4) is 0 Å². The van der Waals surface area contributed by atoms with Crippen LogP contribution in [0.2, 0.25) is 0 Å². The number of rotatable bonds is 4. The first-order valence-corrected chi connectivity index (χ1v) is 7.61. The Bertz CT molecular complexity index is 711. The van der Waals surface area contributed by atoms with E-state index in [1.165, 1.54) is 6.08 Å². The molecule has 1 fully saturated rings. The standard InChI is InChI=1S/C19H18N2O2/c22-18(12-11-15-7-3-1-4-8-15)20-16-13-19(23)21(14-16)17-9-5-2-6-10-17/h1-12,16H,13-14H2,(H,20,22). The Morgan fingerprint density at radius 1 is 1.04 bits per heavy atom. The minimum absolute atomic E-state index is 0.0357. The third-order valence-electron chi connectivity index (χ3n) is 3.77. The fourth-order valence-electron chi connectivity index (χ4n) is 2.65. The number of carbonyl (C=O) groups is 2. The molecule has 1 heterocycles. The third-order valence-corrected chi connectivity index (χ3v) is 3.77. The van der Waals surface area contributed by atoms with Gasteiger partial charge in [-0.05, 0) is 23.8 Å². The minimum Gasteiger partial charge on any atom is -0.347 e. The smallest absolute Gasteiger partial charge is 0.244 e. The van der Waals surface area contributed by atoms with E-state index in [4.69, 9.17) is 0 Å². The van der Waals surface area contributed by atoms with Crippen LogP contribution in [-0.4, -0.2) is 24.4 Å². The van der Waals surface area contributed by atoms with E-state index < -0.39 is 0 Å². The van der Waals surface area contributed by atoms with Crippen LogP contribution in [0.15, 0.2) is 66.7 Å². The van der Waals surface area contributed by atoms with Gasteiger partial charge in [0, 0.05) is 24.7 Å². The number of nitrogens with zero attached hydrogens (tertiary/aromatic N) is 1. The molecule has 4 heteroatoms. The summed E-state index contributed by atoms with van der Waals surface area (Å²) in [6, 6.07) is 19.0. The highest BCUT2D eigenvalue weighted by atomic mass is 16.2. The lowest BCUT2D eigenvalue weighted by Gasteiger charge is -2.16. The second-order valence-electron chi connectivity index (χ2n) is 5.49. The van der Waals surface area contributed by atoms with E-state index >= 15 is 0 Å². The predicted molar refractivity (Wildman–Crippen MR) is 90.8 cm³/mol. The van der Waals surface area contributed by atoms with E-state index in [1.54, 1.807) is 11.0 Å². The third kappa shape index (κ3) is 3.86. The summed E-state index contributed by atoms with van der Waals surface area (Å²) in [4.78, 5) is 25.8. The van der Waals surface area contributed by atoms with Crippen molar-refractivity contribution in [2.45, 2.75) is 12.5 Å². The second kappa shape index (κ2) is 6.92. The fourth-order valence-corrected chi connectivity index (χ4v) is 2.65. The van der Waals surface area contributed by atoms with Gasteiger partial charge in [-0.2, -0.15) is 0 Å². The molecule has 1 N–H and O–H groups in total. The summed E-state index contributed by atoms with van der Waals surface area (Å²) >= 11 is 0. The number of para-hydroxylation sites is 1. The SMILES string of the molecule is O=C(C=Cc1ccccc1)NC1CC(=O)N(c2ccccc2)C1. The summed E-state index contributed by atoms with van der Waals surface area (Å²) in [7, 11) is 0. The number of benzene rings is 2. The Kier molecular flexibility index (Phi) is 4.52. The Labute approximate surface area is 135 Å². The zero-order valence-electron chi connectivity index (χ0n) is 12.7. The van der Waals surface area contributed by atoms with Crippen LogP contribution in [-0.2, 0) is 9.59 Å². The van der Waals surface area contributed by atoms with Crippen LogP contribution >= 0.6 is 0 Å². The van der Waals surface area contributed by atoms with Gasteiger partial charge in [0.2, 0.25) is 11.8 Å². The van der Waals surface area contributed by atoms with Gasteiger partial charge in [-0.15, -0.1) is 0 Å². The van der Waals surface area contributed by atoms with Gasteiger partial charge in [0.15, 0.2) is 0 Å². The second-order valence-corrected chi connectivity index (χ2v) is 5.49. The van der Waals surface area contributed by atoms with Crippen LogP contribution in [0.1, 0.15) is 12.0 Å². The maximum Gasteiger partial charge on any atom is 0.244 e. The number of hydrogen-bond donors (Lipinski definition) is 1. The van der Waals surface area contributed by atoms with Crippen molar-refractivity contribution < 1.29 is 9.59 Å². The largest absolute Gasteiger partial charge is 0.347 e. The highest BCUT2D eigenvalue weighted by Crippen LogP contribution is 2.20. The van der Waals surface area contributed by atoms with Crippen LogP contribution in [0, 0.1) is 0 Å². The van der Waals surface area contributed by atoms with Crippen molar-refractivity contribution in [1.29, 1.82) is 0 Å². The average molecular weight is 306 g/mol. The first kappa shape index (κ1) is 15.0. The van der Waals surface area contributed by atoms with Crippen LogP contribution in [0.5, 0.6) is 0 Å². The van der Waals surface area contributed by atoms with Crippen molar-refractivity contribution in [3.8, 4) is 0 Å². The molecule has 1 atom stereocenters. The minimum atomic E-state index is -0.179. The first-order valence-electron chi connectivity index (χ1n) is 7.61. The lowest BCUT2D eigenvalue weighted by molar-refractivity contribution is -0.117. The molecule has 0 bridgehead atoms. The zero-order valence-corrected chi connectivity index (χ0v) is 12.7. The predicted octanol–water partition coefficient (Wildman–Crippen LogP) is 2.62. The molecule has 3 rings (SSSR count). The van der Waals surface area contributed by atoms with E-state index in [0.717, 1.165) is 11.3 Å². The molecule has 116 valence electrons. The first-order chi connectivity index (χ1) is 11.2. The molecular formula is C19H18N2O2. The highest BCUT2D eigenvalue weighted by Gasteiger charge is 2.30. The normalized spacial score (nSPS) is 17.7. The number of hydrogen-bond acceptors (Lipinski definition) is 2. The molecule has 2 aromatic rings.